The van der Waals surface area contributed by atoms with Crippen molar-refractivity contribution in [3.05, 3.63) is 0 Å². The number of hydrogen-bond acceptors (Lipinski definition) is 1. The van der Waals surface area contributed by atoms with Crippen molar-refractivity contribution in [1.82, 2.24) is 4.90 Å². The Morgan fingerprint density at radius 2 is 1.50 bits per heavy atom. The van der Waals surface area contributed by atoms with Gasteiger partial charge in [0.15, 0.2) is 0 Å². The van der Waals surface area contributed by atoms with E-state index in [1.54, 1.807) is 0 Å². The first-order valence-corrected chi connectivity index (χ1v) is 5.98. The monoisotopic (exact) mass is 205 g/mol. The van der Waals surface area contributed by atoms with Crippen molar-refractivity contribution < 1.29 is 0 Å². The molecule has 0 heterocycles. The number of rotatable bonds is 6. The fourth-order valence-corrected chi connectivity index (χ4v) is 1.92. The molecule has 0 aliphatic carbocycles. The number of nitrogens with zero attached hydrogens (tertiary/aromatic N) is 1. The molecule has 1 atom stereocenters. The van der Waals surface area contributed by atoms with E-state index < -0.39 is 0 Å². The molecule has 0 fully saturated rings. The quantitative estimate of drug-likeness (QED) is 0.588. The summed E-state index contributed by atoms with van der Waals surface area (Å²) in [6, 6.07) is 0. The van der Waals surface area contributed by atoms with E-state index in [9.17, 15) is 0 Å². The molecule has 0 radical (unpaired) electrons. The fraction of sp³-hybridized carbons (Fsp3) is 1.00. The van der Waals surface area contributed by atoms with Crippen LogP contribution in [0.15, 0.2) is 0 Å². The van der Waals surface area contributed by atoms with Crippen LogP contribution in [0.5, 0.6) is 0 Å². The Bertz CT molecular complexity index is 52.0. The van der Waals surface area contributed by atoms with Crippen LogP contribution in [0.1, 0.15) is 26.7 Å². The van der Waals surface area contributed by atoms with Gasteiger partial charge < -0.3 is 0 Å². The predicted octanol–water partition coefficient (Wildman–Crippen LogP) is 1.16. The second-order valence-electron chi connectivity index (χ2n) is 2.63. The summed E-state index contributed by atoms with van der Waals surface area (Å²) in [5, 5.41) is 1.35. The molecule has 2 heteroatoms. The fourth-order valence-electron chi connectivity index (χ4n) is 1.15. The molecule has 0 saturated heterocycles. The van der Waals surface area contributed by atoms with Gasteiger partial charge in [-0.2, -0.15) is 0 Å². The molecule has 1 nitrogen and oxygen atoms in total. The third-order valence-corrected chi connectivity index (χ3v) is 2.07. The van der Waals surface area contributed by atoms with Crippen molar-refractivity contribution in [2.24, 2.45) is 0 Å². The van der Waals surface area contributed by atoms with E-state index in [4.69, 9.17) is 0 Å². The molecule has 0 aliphatic heterocycles. The zero-order valence-electron chi connectivity index (χ0n) is 7.27. The molecule has 0 aromatic carbocycles. The molecule has 0 aliphatic rings. The molecule has 0 amide bonds. The van der Waals surface area contributed by atoms with Crippen molar-refractivity contribution in [3.63, 3.8) is 0 Å². The topological polar surface area (TPSA) is 3.24 Å². The Balaban J connectivity index is 3.30. The van der Waals surface area contributed by atoms with Crippen molar-refractivity contribution in [2.45, 2.75) is 31.9 Å². The van der Waals surface area contributed by atoms with Crippen LogP contribution in [0, 0.1) is 0 Å². The van der Waals surface area contributed by atoms with E-state index in [2.05, 4.69) is 18.7 Å². The van der Waals surface area contributed by atoms with Gasteiger partial charge >= 0.3 is 73.3 Å². The molecule has 0 rings (SSSR count). The van der Waals surface area contributed by atoms with Crippen molar-refractivity contribution in [3.8, 4) is 0 Å². The van der Waals surface area contributed by atoms with Gasteiger partial charge in [0.25, 0.3) is 0 Å². The average molecular weight is 205 g/mol. The second-order valence-corrected chi connectivity index (χ2v) is 3.84. The molecular weight excluding hydrogens is 185 g/mol. The predicted molar refractivity (Wildman–Crippen MR) is 50.4 cm³/mol. The zero-order chi connectivity index (χ0) is 7.82. The summed E-state index contributed by atoms with van der Waals surface area (Å²) in [6.45, 7) is 8.39. The Morgan fingerprint density at radius 3 is 1.80 bits per heavy atom. The van der Waals surface area contributed by atoms with Gasteiger partial charge in [-0.25, -0.2) is 0 Å². The minimum atomic E-state index is 1.29. The van der Waals surface area contributed by atoms with Crippen molar-refractivity contribution in [2.75, 3.05) is 19.6 Å². The maximum absolute atomic E-state index is 2.56. The zero-order valence-corrected chi connectivity index (χ0v) is 9.69. The Labute approximate surface area is 73.7 Å². The SMILES string of the molecule is CCCN(CCC)CC[AsH2]. The van der Waals surface area contributed by atoms with E-state index in [0.717, 1.165) is 0 Å². The van der Waals surface area contributed by atoms with E-state index >= 15 is 0 Å². The van der Waals surface area contributed by atoms with Gasteiger partial charge in [0.05, 0.1) is 0 Å². The van der Waals surface area contributed by atoms with Crippen LogP contribution in [0.25, 0.3) is 0 Å². The van der Waals surface area contributed by atoms with Crippen molar-refractivity contribution >= 4 is 16.9 Å². The van der Waals surface area contributed by atoms with Gasteiger partial charge in [-0.3, -0.25) is 0 Å². The summed E-state index contributed by atoms with van der Waals surface area (Å²) in [6.07, 6.45) is 2.60. The normalized spacial score (nSPS) is 10.8. The molecule has 0 saturated carbocycles. The van der Waals surface area contributed by atoms with Crippen molar-refractivity contribution in [1.29, 1.82) is 0 Å². The van der Waals surface area contributed by atoms with E-state index in [-0.39, 0.29) is 0 Å². The minimum absolute atomic E-state index is 1.29. The molecule has 0 spiro atoms. The first-order chi connectivity index (χ1) is 4.85. The van der Waals surface area contributed by atoms with Crippen LogP contribution in [-0.2, 0) is 0 Å². The van der Waals surface area contributed by atoms with Gasteiger partial charge in [-0.1, -0.05) is 0 Å². The van der Waals surface area contributed by atoms with E-state index in [1.807, 2.05) is 16.9 Å². The summed E-state index contributed by atoms with van der Waals surface area (Å²) in [5.74, 6) is 0. The van der Waals surface area contributed by atoms with Crippen LogP contribution >= 0.6 is 0 Å². The summed E-state index contributed by atoms with van der Waals surface area (Å²) in [7, 11) is 0. The van der Waals surface area contributed by atoms with Gasteiger partial charge in [0.2, 0.25) is 0 Å². The van der Waals surface area contributed by atoms with Gasteiger partial charge in [0, 0.05) is 0 Å². The standard InChI is InChI=1S/C8H20AsN/c1-3-6-10(7-4-2)8-5-9/h3-9H2,1-2H3. The van der Waals surface area contributed by atoms with Gasteiger partial charge in [-0.15, -0.1) is 0 Å². The van der Waals surface area contributed by atoms with Gasteiger partial charge in [0.1, 0.15) is 0 Å². The third kappa shape index (κ3) is 5.31. The second kappa shape index (κ2) is 7.62. The first-order valence-electron chi connectivity index (χ1n) is 4.27. The molecular formula is C8H20AsN. The molecule has 10 heavy (non-hydrogen) atoms. The van der Waals surface area contributed by atoms with Crippen LogP contribution in [0.4, 0.5) is 0 Å². The molecule has 1 unspecified atom stereocenters. The Morgan fingerprint density at radius 1 is 1.00 bits per heavy atom. The molecule has 0 aromatic heterocycles. The third-order valence-electron chi connectivity index (χ3n) is 1.52. The maximum atomic E-state index is 2.56. The summed E-state index contributed by atoms with van der Waals surface area (Å²) < 4.78 is 0. The average Bonchev–Trinajstić information content (AvgIpc) is 1.90. The summed E-state index contributed by atoms with van der Waals surface area (Å²) >= 11 is 1.85. The van der Waals surface area contributed by atoms with Crippen LogP contribution in [-0.4, -0.2) is 41.4 Å². The molecule has 0 aromatic rings. The number of hydrogen-bond donors (Lipinski definition) is 0. The van der Waals surface area contributed by atoms with Gasteiger partial charge in [-0.05, 0) is 0 Å². The van der Waals surface area contributed by atoms with Crippen LogP contribution < -0.4 is 0 Å². The van der Waals surface area contributed by atoms with Crippen LogP contribution in [0.3, 0.4) is 0 Å². The van der Waals surface area contributed by atoms with E-state index in [1.165, 1.54) is 37.7 Å². The molecule has 0 N–H and O–H groups in total. The molecule has 0 bridgehead atoms. The van der Waals surface area contributed by atoms with Crippen LogP contribution in [0.2, 0.25) is 5.21 Å². The van der Waals surface area contributed by atoms with E-state index in [0.29, 0.717) is 0 Å². The Hall–Kier alpha value is 0.518. The molecule has 62 valence electrons. The Kier molecular flexibility index (Phi) is 8.02. The summed E-state index contributed by atoms with van der Waals surface area (Å²) in [5.41, 5.74) is 0. The summed E-state index contributed by atoms with van der Waals surface area (Å²) in [4.78, 5) is 2.56. The first kappa shape index (κ1) is 10.5.